The van der Waals surface area contributed by atoms with Crippen LogP contribution in [0.2, 0.25) is 0 Å². The van der Waals surface area contributed by atoms with Crippen LogP contribution in [0.5, 0.6) is 0 Å². The highest BCUT2D eigenvalue weighted by Crippen LogP contribution is 2.53. The lowest BCUT2D eigenvalue weighted by molar-refractivity contribution is -0.198. The molecule has 0 bridgehead atoms. The second-order valence-corrected chi connectivity index (χ2v) is 6.94. The molecule has 118 valence electrons. The Morgan fingerprint density at radius 2 is 2.00 bits per heavy atom. The Hall–Kier alpha value is -1.81. The van der Waals surface area contributed by atoms with Gasteiger partial charge in [0.25, 0.3) is 5.91 Å². The van der Waals surface area contributed by atoms with E-state index in [4.69, 9.17) is 9.15 Å². The SMILES string of the molecule is CO[C@]1(C)C[C@H](N(C)C(=O)c2cc3ccccc3o2)C1(C)C. The summed E-state index contributed by atoms with van der Waals surface area (Å²) in [6, 6.07) is 9.62. The fourth-order valence-electron chi connectivity index (χ4n) is 3.48. The number of methoxy groups -OCH3 is 1. The first-order valence-electron chi connectivity index (χ1n) is 7.61. The Bertz CT molecular complexity index is 685. The molecular formula is C18H23NO3. The minimum absolute atomic E-state index is 0.0765. The maximum Gasteiger partial charge on any atom is 0.289 e. The molecular weight excluding hydrogens is 278 g/mol. The van der Waals surface area contributed by atoms with Gasteiger partial charge in [-0.15, -0.1) is 0 Å². The lowest BCUT2D eigenvalue weighted by Gasteiger charge is -2.61. The number of rotatable bonds is 3. The van der Waals surface area contributed by atoms with Crippen LogP contribution in [0.25, 0.3) is 11.0 Å². The quantitative estimate of drug-likeness (QED) is 0.868. The first-order chi connectivity index (χ1) is 10.3. The van der Waals surface area contributed by atoms with Crippen LogP contribution in [0.1, 0.15) is 37.7 Å². The van der Waals surface area contributed by atoms with Gasteiger partial charge in [-0.3, -0.25) is 4.79 Å². The van der Waals surface area contributed by atoms with Crippen molar-refractivity contribution in [2.24, 2.45) is 5.41 Å². The van der Waals surface area contributed by atoms with Gasteiger partial charge in [-0.25, -0.2) is 0 Å². The number of furan rings is 1. The molecule has 1 heterocycles. The molecule has 0 spiro atoms. The van der Waals surface area contributed by atoms with Crippen LogP contribution in [0, 0.1) is 5.41 Å². The highest BCUT2D eigenvalue weighted by atomic mass is 16.5. The number of carbonyl (C=O) groups is 1. The Balaban J connectivity index is 1.84. The number of carbonyl (C=O) groups excluding carboxylic acids is 1. The molecule has 22 heavy (non-hydrogen) atoms. The molecule has 1 aromatic carbocycles. The van der Waals surface area contributed by atoms with Gasteiger partial charge in [0.2, 0.25) is 0 Å². The predicted molar refractivity (Wildman–Crippen MR) is 85.9 cm³/mol. The van der Waals surface area contributed by atoms with Gasteiger partial charge in [-0.2, -0.15) is 0 Å². The van der Waals surface area contributed by atoms with Crippen LogP contribution in [0.15, 0.2) is 34.7 Å². The number of hydrogen-bond acceptors (Lipinski definition) is 3. The number of fused-ring (bicyclic) bond motifs is 1. The molecule has 1 aliphatic rings. The van der Waals surface area contributed by atoms with Gasteiger partial charge in [0.05, 0.1) is 5.60 Å². The molecule has 1 amide bonds. The lowest BCUT2D eigenvalue weighted by atomic mass is 9.55. The third kappa shape index (κ3) is 1.97. The van der Waals surface area contributed by atoms with E-state index >= 15 is 0 Å². The number of para-hydroxylation sites is 1. The molecule has 1 aliphatic carbocycles. The van der Waals surface area contributed by atoms with Crippen LogP contribution >= 0.6 is 0 Å². The minimum Gasteiger partial charge on any atom is -0.451 e. The van der Waals surface area contributed by atoms with Crippen molar-refractivity contribution >= 4 is 16.9 Å². The molecule has 1 saturated carbocycles. The van der Waals surface area contributed by atoms with Gasteiger partial charge in [0.1, 0.15) is 5.58 Å². The van der Waals surface area contributed by atoms with Crippen molar-refractivity contribution in [3.63, 3.8) is 0 Å². The molecule has 0 unspecified atom stereocenters. The molecule has 2 atom stereocenters. The van der Waals surface area contributed by atoms with E-state index in [0.29, 0.717) is 5.76 Å². The second-order valence-electron chi connectivity index (χ2n) is 6.94. The molecule has 0 N–H and O–H groups in total. The van der Waals surface area contributed by atoms with E-state index in [0.717, 1.165) is 17.4 Å². The third-order valence-corrected chi connectivity index (χ3v) is 5.65. The van der Waals surface area contributed by atoms with Gasteiger partial charge in [-0.05, 0) is 25.5 Å². The van der Waals surface area contributed by atoms with E-state index in [1.54, 1.807) is 12.0 Å². The van der Waals surface area contributed by atoms with E-state index in [9.17, 15) is 4.79 Å². The Morgan fingerprint density at radius 3 is 2.59 bits per heavy atom. The number of amides is 1. The molecule has 1 fully saturated rings. The number of nitrogens with zero attached hydrogens (tertiary/aromatic N) is 1. The summed E-state index contributed by atoms with van der Waals surface area (Å²) in [5, 5.41) is 0.953. The number of benzene rings is 1. The monoisotopic (exact) mass is 301 g/mol. The van der Waals surface area contributed by atoms with Crippen LogP contribution in [-0.2, 0) is 4.74 Å². The fourth-order valence-corrected chi connectivity index (χ4v) is 3.48. The first kappa shape index (κ1) is 15.1. The topological polar surface area (TPSA) is 42.7 Å². The smallest absolute Gasteiger partial charge is 0.289 e. The van der Waals surface area contributed by atoms with Gasteiger partial charge in [-0.1, -0.05) is 32.0 Å². The van der Waals surface area contributed by atoms with Crippen LogP contribution < -0.4 is 0 Å². The highest BCUT2D eigenvalue weighted by molar-refractivity contribution is 5.96. The molecule has 0 radical (unpaired) electrons. The molecule has 2 aromatic rings. The summed E-state index contributed by atoms with van der Waals surface area (Å²) in [7, 11) is 3.58. The normalized spacial score (nSPS) is 26.7. The molecule has 0 aliphatic heterocycles. The molecule has 3 rings (SSSR count). The van der Waals surface area contributed by atoms with Crippen molar-refractivity contribution in [3.05, 3.63) is 36.1 Å². The summed E-state index contributed by atoms with van der Waals surface area (Å²) in [4.78, 5) is 14.5. The maximum absolute atomic E-state index is 12.7. The van der Waals surface area contributed by atoms with E-state index in [2.05, 4.69) is 20.8 Å². The van der Waals surface area contributed by atoms with Crippen LogP contribution in [0.3, 0.4) is 0 Å². The average molecular weight is 301 g/mol. The van der Waals surface area contributed by atoms with Crippen molar-refractivity contribution in [3.8, 4) is 0 Å². The summed E-state index contributed by atoms with van der Waals surface area (Å²) >= 11 is 0. The first-order valence-corrected chi connectivity index (χ1v) is 7.61. The second kappa shape index (κ2) is 4.85. The molecule has 0 saturated heterocycles. The predicted octanol–water partition coefficient (Wildman–Crippen LogP) is 3.71. The summed E-state index contributed by atoms with van der Waals surface area (Å²) < 4.78 is 11.3. The van der Waals surface area contributed by atoms with Gasteiger partial charge >= 0.3 is 0 Å². The van der Waals surface area contributed by atoms with Crippen LogP contribution in [0.4, 0.5) is 0 Å². The largest absolute Gasteiger partial charge is 0.451 e. The van der Waals surface area contributed by atoms with Gasteiger partial charge < -0.3 is 14.1 Å². The summed E-state index contributed by atoms with van der Waals surface area (Å²) in [5.41, 5.74) is 0.451. The highest BCUT2D eigenvalue weighted by Gasteiger charge is 2.60. The maximum atomic E-state index is 12.7. The van der Waals surface area contributed by atoms with E-state index in [1.165, 1.54) is 0 Å². The number of hydrogen-bond donors (Lipinski definition) is 0. The fraction of sp³-hybridized carbons (Fsp3) is 0.500. The van der Waals surface area contributed by atoms with Crippen molar-refractivity contribution < 1.29 is 13.9 Å². The van der Waals surface area contributed by atoms with E-state index in [-0.39, 0.29) is 23.0 Å². The van der Waals surface area contributed by atoms with Gasteiger partial charge in [0, 0.05) is 31.0 Å². The Labute approximate surface area is 131 Å². The summed E-state index contributed by atoms with van der Waals surface area (Å²) in [6.45, 7) is 6.39. The third-order valence-electron chi connectivity index (χ3n) is 5.65. The number of ether oxygens (including phenoxy) is 1. The van der Waals surface area contributed by atoms with Crippen LogP contribution in [-0.4, -0.2) is 36.6 Å². The molecule has 4 heteroatoms. The van der Waals surface area contributed by atoms with E-state index < -0.39 is 0 Å². The summed E-state index contributed by atoms with van der Waals surface area (Å²) in [5.74, 6) is 0.318. The van der Waals surface area contributed by atoms with Crippen molar-refractivity contribution in [1.29, 1.82) is 0 Å². The van der Waals surface area contributed by atoms with Crippen molar-refractivity contribution in [2.45, 2.75) is 38.8 Å². The Kier molecular flexibility index (Phi) is 3.33. The average Bonchev–Trinajstić information content (AvgIpc) is 2.94. The lowest BCUT2D eigenvalue weighted by Crippen LogP contribution is -2.68. The summed E-state index contributed by atoms with van der Waals surface area (Å²) in [6.07, 6.45) is 0.832. The van der Waals surface area contributed by atoms with E-state index in [1.807, 2.05) is 37.4 Å². The van der Waals surface area contributed by atoms with Gasteiger partial charge in [0.15, 0.2) is 5.76 Å². The van der Waals surface area contributed by atoms with Crippen molar-refractivity contribution in [1.82, 2.24) is 4.90 Å². The zero-order valence-corrected chi connectivity index (χ0v) is 13.8. The molecule has 4 nitrogen and oxygen atoms in total. The minimum atomic E-state index is -0.194. The zero-order chi connectivity index (χ0) is 16.1. The standard InChI is InChI=1S/C18H23NO3/c1-17(2)15(11-18(17,3)21-5)19(4)16(20)14-10-12-8-6-7-9-13(12)22-14/h6-10,15H,11H2,1-5H3/t15-,18+/m0/s1. The van der Waals surface area contributed by atoms with Crippen molar-refractivity contribution in [2.75, 3.05) is 14.2 Å². The zero-order valence-electron chi connectivity index (χ0n) is 13.8. The Morgan fingerprint density at radius 1 is 1.32 bits per heavy atom. The molecule has 1 aromatic heterocycles.